The van der Waals surface area contributed by atoms with Crippen LogP contribution >= 0.6 is 11.3 Å². The maximum absolute atomic E-state index is 13.0. The largest absolute Gasteiger partial charge is 1.00 e. The van der Waals surface area contributed by atoms with Gasteiger partial charge in [0.05, 0.1) is 4.92 Å². The van der Waals surface area contributed by atoms with E-state index < -0.39 is 4.92 Å². The number of hydrogen-bond donors (Lipinski definition) is 1. The molecule has 1 heterocycles. The second-order valence-electron chi connectivity index (χ2n) is 6.50. The molecule has 1 N–H and O–H groups in total. The summed E-state index contributed by atoms with van der Waals surface area (Å²) in [6.07, 6.45) is 3.08. The van der Waals surface area contributed by atoms with Gasteiger partial charge in [-0.05, 0) is 51.9 Å². The molecule has 1 aromatic heterocycles. The van der Waals surface area contributed by atoms with Crippen LogP contribution in [-0.4, -0.2) is 15.8 Å². The number of allylic oxidation sites excluding steroid dienone is 1. The highest BCUT2D eigenvalue weighted by atomic mass is 35.5. The Morgan fingerprint density at radius 3 is 2.22 bits per heavy atom. The third kappa shape index (κ3) is 5.42. The first-order valence-electron chi connectivity index (χ1n) is 9.38. The molecule has 9 heteroatoms. The Bertz CT molecular complexity index is 1240. The van der Waals surface area contributed by atoms with Crippen LogP contribution in [0.15, 0.2) is 91.0 Å². The summed E-state index contributed by atoms with van der Waals surface area (Å²) in [7, 11) is 0. The van der Waals surface area contributed by atoms with Crippen molar-refractivity contribution in [2.45, 2.75) is 0 Å². The maximum atomic E-state index is 13.0. The van der Waals surface area contributed by atoms with Crippen molar-refractivity contribution < 1.29 is 26.8 Å². The Hall–Kier alpha value is -3.88. The molecule has 3 aromatic carbocycles. The van der Waals surface area contributed by atoms with Gasteiger partial charge in [-0.2, -0.15) is 0 Å². The Labute approximate surface area is 194 Å². The summed E-state index contributed by atoms with van der Waals surface area (Å²) in [4.78, 5) is 23.3. The van der Waals surface area contributed by atoms with E-state index in [2.05, 4.69) is 10.4 Å². The van der Waals surface area contributed by atoms with Gasteiger partial charge in [0.1, 0.15) is 0 Å². The van der Waals surface area contributed by atoms with Gasteiger partial charge in [0.2, 0.25) is 5.69 Å². The number of halogens is 1. The van der Waals surface area contributed by atoms with Gasteiger partial charge in [-0.25, -0.2) is 0 Å². The number of rotatable bonds is 7. The lowest BCUT2D eigenvalue weighted by Crippen LogP contribution is -3.00. The number of nitrogens with one attached hydrogen (secondary N) is 1. The lowest BCUT2D eigenvalue weighted by atomic mass is 10.2. The Balaban J connectivity index is 0.00000289. The van der Waals surface area contributed by atoms with E-state index in [0.717, 1.165) is 11.4 Å². The highest BCUT2D eigenvalue weighted by Gasteiger charge is 2.27. The number of ketones is 1. The number of benzene rings is 3. The number of carbonyl (C=O) groups is 1. The molecule has 0 bridgehead atoms. The van der Waals surface area contributed by atoms with Gasteiger partial charge in [0, 0.05) is 35.1 Å². The first-order chi connectivity index (χ1) is 15.1. The number of aromatic nitrogens is 2. The molecule has 0 spiro atoms. The molecule has 4 rings (SSSR count). The quantitative estimate of drug-likeness (QED) is 0.148. The standard InChI is InChI=1S/C23H16N4O3S.ClH/c28-21(16-13-17-11-14-20(15-12-17)27(29)30)22-26(19-9-5-2-6-10-19)25-23(31-22)24-18-7-3-1-4-8-18;/h1-16H;1H/b16-13+;. The number of nitro groups is 1. The summed E-state index contributed by atoms with van der Waals surface area (Å²) < 4.78 is 1.61. The molecule has 0 atom stereocenters. The highest BCUT2D eigenvalue weighted by Crippen LogP contribution is 2.22. The predicted octanol–water partition coefficient (Wildman–Crippen LogP) is 1.97. The van der Waals surface area contributed by atoms with E-state index in [-0.39, 0.29) is 23.9 Å². The molecular weight excluding hydrogens is 448 g/mol. The van der Waals surface area contributed by atoms with Crippen LogP contribution < -0.4 is 22.4 Å². The van der Waals surface area contributed by atoms with Crippen molar-refractivity contribution >= 4 is 39.7 Å². The first-order valence-corrected chi connectivity index (χ1v) is 10.2. The van der Waals surface area contributed by atoms with Crippen LogP contribution in [0.4, 0.5) is 16.5 Å². The molecule has 0 unspecified atom stereocenters. The van der Waals surface area contributed by atoms with Crippen molar-refractivity contribution in [3.8, 4) is 5.69 Å². The zero-order valence-corrected chi connectivity index (χ0v) is 18.2. The molecule has 0 aliphatic heterocycles. The first kappa shape index (κ1) is 22.8. The Morgan fingerprint density at radius 2 is 1.59 bits per heavy atom. The lowest BCUT2D eigenvalue weighted by molar-refractivity contribution is -0.654. The van der Waals surface area contributed by atoms with Crippen molar-refractivity contribution in [1.29, 1.82) is 0 Å². The second kappa shape index (κ2) is 10.4. The summed E-state index contributed by atoms with van der Waals surface area (Å²) in [5.74, 6) is -0.221. The number of nitrogens with zero attached hydrogens (tertiary/aromatic N) is 3. The Kier molecular flexibility index (Phi) is 7.43. The smallest absolute Gasteiger partial charge is 0.344 e. The van der Waals surface area contributed by atoms with E-state index in [4.69, 9.17) is 0 Å². The van der Waals surface area contributed by atoms with E-state index in [1.807, 2.05) is 60.7 Å². The zero-order chi connectivity index (χ0) is 21.6. The number of hydrogen-bond acceptors (Lipinski definition) is 6. The molecule has 0 saturated heterocycles. The van der Waals surface area contributed by atoms with Gasteiger partial charge in [0.25, 0.3) is 16.6 Å². The summed E-state index contributed by atoms with van der Waals surface area (Å²) >= 11 is 1.25. The molecule has 0 saturated carbocycles. The van der Waals surface area contributed by atoms with E-state index in [1.165, 1.54) is 29.5 Å². The number of para-hydroxylation sites is 2. The van der Waals surface area contributed by atoms with Crippen LogP contribution in [0.3, 0.4) is 0 Å². The fourth-order valence-electron chi connectivity index (χ4n) is 2.84. The van der Waals surface area contributed by atoms with Crippen molar-refractivity contribution in [2.24, 2.45) is 0 Å². The topological polar surface area (TPSA) is 89.0 Å². The molecule has 0 aliphatic rings. The number of nitro benzene ring substituents is 1. The van der Waals surface area contributed by atoms with Gasteiger partial charge in [0.15, 0.2) is 0 Å². The number of carbonyl (C=O) groups excluding carboxylic acids is 1. The number of anilines is 2. The number of non-ortho nitro benzene ring substituents is 1. The minimum atomic E-state index is -0.458. The van der Waals surface area contributed by atoms with Crippen molar-refractivity contribution in [2.75, 3.05) is 5.32 Å². The van der Waals surface area contributed by atoms with Gasteiger partial charge in [-0.15, -0.1) is 0 Å². The molecule has 7 nitrogen and oxygen atoms in total. The monoisotopic (exact) mass is 464 g/mol. The third-order valence-corrected chi connectivity index (χ3v) is 5.29. The predicted molar refractivity (Wildman–Crippen MR) is 120 cm³/mol. The molecule has 0 amide bonds. The fourth-order valence-corrected chi connectivity index (χ4v) is 3.71. The van der Waals surface area contributed by atoms with Crippen LogP contribution in [0.5, 0.6) is 0 Å². The lowest BCUT2D eigenvalue weighted by Gasteiger charge is -1.97. The van der Waals surface area contributed by atoms with Gasteiger partial charge in [-0.1, -0.05) is 42.5 Å². The fraction of sp³-hybridized carbons (Fsp3) is 0. The van der Waals surface area contributed by atoms with E-state index >= 15 is 0 Å². The Morgan fingerprint density at radius 1 is 0.969 bits per heavy atom. The maximum Gasteiger partial charge on any atom is 0.344 e. The van der Waals surface area contributed by atoms with Crippen molar-refractivity contribution in [3.63, 3.8) is 0 Å². The minimum absolute atomic E-state index is 0. The second-order valence-corrected chi connectivity index (χ2v) is 7.47. The summed E-state index contributed by atoms with van der Waals surface area (Å²) in [5.41, 5.74) is 2.34. The molecule has 160 valence electrons. The highest BCUT2D eigenvalue weighted by molar-refractivity contribution is 7.16. The van der Waals surface area contributed by atoms with Crippen LogP contribution in [-0.2, 0) is 0 Å². The van der Waals surface area contributed by atoms with Crippen LogP contribution in [0.25, 0.3) is 11.8 Å². The van der Waals surface area contributed by atoms with Crippen LogP contribution in [0.2, 0.25) is 0 Å². The summed E-state index contributed by atoms with van der Waals surface area (Å²) in [6.45, 7) is 0. The molecule has 0 fully saturated rings. The summed E-state index contributed by atoms with van der Waals surface area (Å²) in [5, 5.41) is 19.6. The molecule has 4 aromatic rings. The molecule has 32 heavy (non-hydrogen) atoms. The minimum Gasteiger partial charge on any atom is -1.00 e. The van der Waals surface area contributed by atoms with Gasteiger partial charge >= 0.3 is 5.01 Å². The molecule has 0 radical (unpaired) electrons. The average molecular weight is 465 g/mol. The normalized spacial score (nSPS) is 10.5. The van der Waals surface area contributed by atoms with E-state index in [9.17, 15) is 14.9 Å². The van der Waals surface area contributed by atoms with Crippen LogP contribution in [0.1, 0.15) is 15.4 Å². The molecule has 0 aliphatic carbocycles. The van der Waals surface area contributed by atoms with Gasteiger partial charge < -0.3 is 17.7 Å². The molecular formula is C23H17ClN4O3S. The van der Waals surface area contributed by atoms with Gasteiger partial charge in [-0.3, -0.25) is 14.9 Å². The van der Waals surface area contributed by atoms with Crippen molar-refractivity contribution in [1.82, 2.24) is 5.10 Å². The SMILES string of the molecule is O=C(/C=C/c1ccc([N+](=O)[O-])cc1)c1sc(Nc2ccccc2)n[n+]1-c1ccccc1.[Cl-]. The van der Waals surface area contributed by atoms with Crippen molar-refractivity contribution in [3.05, 3.63) is 112 Å². The zero-order valence-electron chi connectivity index (χ0n) is 16.6. The third-order valence-electron chi connectivity index (χ3n) is 4.34. The van der Waals surface area contributed by atoms with E-state index in [0.29, 0.717) is 15.7 Å². The van der Waals surface area contributed by atoms with E-state index in [1.54, 1.807) is 22.9 Å². The van der Waals surface area contributed by atoms with Crippen LogP contribution in [0, 0.1) is 10.1 Å². The average Bonchev–Trinajstić information content (AvgIpc) is 3.23. The summed E-state index contributed by atoms with van der Waals surface area (Å²) in [6, 6.07) is 25.0.